The Balaban J connectivity index is 1.57. The summed E-state index contributed by atoms with van der Waals surface area (Å²) < 4.78 is 12.4. The van der Waals surface area contributed by atoms with Gasteiger partial charge in [-0.1, -0.05) is 47.7 Å². The first-order valence-corrected chi connectivity index (χ1v) is 11.1. The number of ether oxygens (including phenoxy) is 2. The summed E-state index contributed by atoms with van der Waals surface area (Å²) >= 11 is 1.50. The summed E-state index contributed by atoms with van der Waals surface area (Å²) in [5, 5.41) is 2.67. The number of aromatic nitrogens is 1. The van der Waals surface area contributed by atoms with Gasteiger partial charge in [-0.05, 0) is 30.9 Å². The van der Waals surface area contributed by atoms with Crippen molar-refractivity contribution in [3.05, 3.63) is 60.2 Å². The average molecular weight is 434 g/mol. The number of rotatable bonds is 5. The molecular weight excluding hydrogens is 410 g/mol. The molecule has 31 heavy (non-hydrogen) atoms. The van der Waals surface area contributed by atoms with Crippen molar-refractivity contribution in [3.8, 4) is 11.5 Å². The number of hydrogen-bond donors (Lipinski definition) is 0. The molecule has 6 nitrogen and oxygen atoms in total. The van der Waals surface area contributed by atoms with E-state index in [-0.39, 0.29) is 5.91 Å². The summed E-state index contributed by atoms with van der Waals surface area (Å²) in [5.41, 5.74) is 1.49. The van der Waals surface area contributed by atoms with Crippen LogP contribution in [-0.4, -0.2) is 56.2 Å². The van der Waals surface area contributed by atoms with Gasteiger partial charge in [-0.3, -0.25) is 9.69 Å². The van der Waals surface area contributed by atoms with Crippen LogP contribution in [0, 0.1) is 0 Å². The molecule has 0 spiro atoms. The molecule has 1 aliphatic heterocycles. The third-order valence-electron chi connectivity index (χ3n) is 5.31. The van der Waals surface area contributed by atoms with Gasteiger partial charge >= 0.3 is 0 Å². The minimum atomic E-state index is -0.0463. The second-order valence-corrected chi connectivity index (χ2v) is 8.76. The number of nitrogens with zero attached hydrogens (tertiary/aromatic N) is 3. The van der Waals surface area contributed by atoms with Crippen molar-refractivity contribution in [1.29, 1.82) is 0 Å². The molecule has 158 valence electrons. The Morgan fingerprint density at radius 1 is 1.00 bits per heavy atom. The highest BCUT2D eigenvalue weighted by Gasteiger charge is 2.24. The van der Waals surface area contributed by atoms with E-state index in [1.54, 1.807) is 4.90 Å². The van der Waals surface area contributed by atoms with Gasteiger partial charge in [0.15, 0.2) is 16.6 Å². The highest BCUT2D eigenvalue weighted by atomic mass is 32.1. The lowest BCUT2D eigenvalue weighted by atomic mass is 10.0. The third-order valence-corrected chi connectivity index (χ3v) is 6.35. The Bertz CT molecular complexity index is 1220. The molecule has 5 rings (SSSR count). The maximum atomic E-state index is 13.7. The molecule has 0 saturated carbocycles. The molecule has 0 bridgehead atoms. The van der Waals surface area contributed by atoms with Crippen LogP contribution in [0.4, 0.5) is 5.13 Å². The van der Waals surface area contributed by atoms with E-state index in [9.17, 15) is 4.79 Å². The molecule has 1 aliphatic rings. The van der Waals surface area contributed by atoms with Gasteiger partial charge in [0.25, 0.3) is 5.91 Å². The molecular formula is C24H23N3O3S. The normalized spacial score (nSPS) is 13.1. The van der Waals surface area contributed by atoms with Gasteiger partial charge in [0, 0.05) is 30.8 Å². The molecule has 2 heterocycles. The Hall–Kier alpha value is -3.16. The van der Waals surface area contributed by atoms with E-state index >= 15 is 0 Å². The lowest BCUT2D eigenvalue weighted by Gasteiger charge is -2.22. The van der Waals surface area contributed by atoms with E-state index in [0.29, 0.717) is 36.2 Å². The van der Waals surface area contributed by atoms with Crippen LogP contribution >= 0.6 is 11.3 Å². The number of hydrogen-bond acceptors (Lipinski definition) is 6. The van der Waals surface area contributed by atoms with Gasteiger partial charge in [0.1, 0.15) is 13.2 Å². The molecule has 3 aromatic carbocycles. The molecule has 0 N–H and O–H groups in total. The standard InChI is InChI=1S/C24H23N3O3S/c1-26(2)10-11-27(23(28)18-9-5-7-16-6-3-4-8-17(16)18)24-25-19-14-20-21(15-22(19)31-24)30-13-12-29-20/h3-9,14-15H,10-13H2,1-2H3. The van der Waals surface area contributed by atoms with Crippen molar-refractivity contribution in [2.75, 3.05) is 45.3 Å². The first-order valence-electron chi connectivity index (χ1n) is 10.2. The van der Waals surface area contributed by atoms with Gasteiger partial charge in [-0.2, -0.15) is 0 Å². The minimum absolute atomic E-state index is 0.0463. The van der Waals surface area contributed by atoms with E-state index in [1.165, 1.54) is 11.3 Å². The fourth-order valence-corrected chi connectivity index (χ4v) is 4.71. The predicted molar refractivity (Wildman–Crippen MR) is 125 cm³/mol. The van der Waals surface area contributed by atoms with Crippen molar-refractivity contribution < 1.29 is 14.3 Å². The molecule has 4 aromatic rings. The van der Waals surface area contributed by atoms with E-state index in [0.717, 1.165) is 33.3 Å². The smallest absolute Gasteiger partial charge is 0.260 e. The van der Waals surface area contributed by atoms with Crippen LogP contribution in [0.15, 0.2) is 54.6 Å². The first kappa shape index (κ1) is 19.8. The summed E-state index contributed by atoms with van der Waals surface area (Å²) in [7, 11) is 4.00. The predicted octanol–water partition coefficient (Wildman–Crippen LogP) is 4.43. The van der Waals surface area contributed by atoms with Crippen LogP contribution in [0.3, 0.4) is 0 Å². The monoisotopic (exact) mass is 433 g/mol. The van der Waals surface area contributed by atoms with Crippen molar-refractivity contribution in [1.82, 2.24) is 9.88 Å². The number of carbonyl (C=O) groups excluding carboxylic acids is 1. The largest absolute Gasteiger partial charge is 0.486 e. The molecule has 7 heteroatoms. The minimum Gasteiger partial charge on any atom is -0.486 e. The van der Waals surface area contributed by atoms with Gasteiger partial charge in [0.05, 0.1) is 10.2 Å². The van der Waals surface area contributed by atoms with Crippen LogP contribution in [0.1, 0.15) is 10.4 Å². The van der Waals surface area contributed by atoms with Crippen LogP contribution in [-0.2, 0) is 0 Å². The topological polar surface area (TPSA) is 54.9 Å². The average Bonchev–Trinajstić information content (AvgIpc) is 3.19. The molecule has 0 fully saturated rings. The highest BCUT2D eigenvalue weighted by Crippen LogP contribution is 2.39. The van der Waals surface area contributed by atoms with Crippen molar-refractivity contribution >= 4 is 43.4 Å². The number of fused-ring (bicyclic) bond motifs is 3. The van der Waals surface area contributed by atoms with Gasteiger partial charge in [0.2, 0.25) is 0 Å². The maximum Gasteiger partial charge on any atom is 0.260 e. The van der Waals surface area contributed by atoms with Crippen LogP contribution in [0.2, 0.25) is 0 Å². The van der Waals surface area contributed by atoms with Crippen molar-refractivity contribution in [2.24, 2.45) is 0 Å². The number of benzene rings is 3. The van der Waals surface area contributed by atoms with E-state index < -0.39 is 0 Å². The zero-order valence-electron chi connectivity index (χ0n) is 17.5. The number of carbonyl (C=O) groups is 1. The van der Waals surface area contributed by atoms with E-state index in [2.05, 4.69) is 4.90 Å². The summed E-state index contributed by atoms with van der Waals surface area (Å²) in [4.78, 5) is 22.4. The van der Waals surface area contributed by atoms with Crippen LogP contribution in [0.5, 0.6) is 11.5 Å². The Morgan fingerprint density at radius 3 is 2.55 bits per heavy atom. The quantitative estimate of drug-likeness (QED) is 0.466. The van der Waals surface area contributed by atoms with Crippen molar-refractivity contribution in [3.63, 3.8) is 0 Å². The van der Waals surface area contributed by atoms with Gasteiger partial charge < -0.3 is 14.4 Å². The zero-order valence-corrected chi connectivity index (χ0v) is 18.3. The van der Waals surface area contributed by atoms with E-state index in [1.807, 2.05) is 68.7 Å². The fourth-order valence-electron chi connectivity index (χ4n) is 3.71. The lowest BCUT2D eigenvalue weighted by molar-refractivity contribution is 0.0987. The third kappa shape index (κ3) is 3.82. The molecule has 1 amide bonds. The number of thiazole rings is 1. The second-order valence-electron chi connectivity index (χ2n) is 7.75. The first-order chi connectivity index (χ1) is 15.1. The van der Waals surface area contributed by atoms with Crippen LogP contribution < -0.4 is 14.4 Å². The lowest BCUT2D eigenvalue weighted by Crippen LogP contribution is -2.36. The fraction of sp³-hybridized carbons (Fsp3) is 0.250. The van der Waals surface area contributed by atoms with Gasteiger partial charge in [-0.15, -0.1) is 0 Å². The molecule has 0 unspecified atom stereocenters. The highest BCUT2D eigenvalue weighted by molar-refractivity contribution is 7.22. The van der Waals surface area contributed by atoms with Gasteiger partial charge in [-0.25, -0.2) is 4.98 Å². The summed E-state index contributed by atoms with van der Waals surface area (Å²) in [5.74, 6) is 1.39. The van der Waals surface area contributed by atoms with Crippen molar-refractivity contribution in [2.45, 2.75) is 0 Å². The number of amides is 1. The molecule has 0 atom stereocenters. The SMILES string of the molecule is CN(C)CCN(C(=O)c1cccc2ccccc12)c1nc2cc3c(cc2s1)OCCO3. The summed E-state index contributed by atoms with van der Waals surface area (Å²) in [6.45, 7) is 2.35. The second kappa shape index (κ2) is 8.17. The number of anilines is 1. The number of likely N-dealkylation sites (N-methyl/N-ethyl adjacent to an activating group) is 1. The summed E-state index contributed by atoms with van der Waals surface area (Å²) in [6.07, 6.45) is 0. The molecule has 0 saturated heterocycles. The molecule has 1 aromatic heterocycles. The Labute approximate surface area is 184 Å². The maximum absolute atomic E-state index is 13.7. The summed E-state index contributed by atoms with van der Waals surface area (Å²) in [6, 6.07) is 17.7. The Morgan fingerprint density at radius 2 is 1.74 bits per heavy atom. The molecule has 0 aliphatic carbocycles. The molecule has 0 radical (unpaired) electrons. The Kier molecular flexibility index (Phi) is 5.21. The van der Waals surface area contributed by atoms with Crippen LogP contribution in [0.25, 0.3) is 21.0 Å². The van der Waals surface area contributed by atoms with E-state index in [4.69, 9.17) is 14.5 Å². The zero-order chi connectivity index (χ0) is 21.4.